The molecule has 2 N–H and O–H groups in total. The molecule has 4 aliphatic rings. The molecule has 3 amide bonds. The zero-order chi connectivity index (χ0) is 26.9. The maximum atomic E-state index is 14.0. The molecule has 0 radical (unpaired) electrons. The van der Waals surface area contributed by atoms with E-state index in [1.165, 1.54) is 6.42 Å². The number of benzene rings is 1. The average molecular weight is 543 g/mol. The summed E-state index contributed by atoms with van der Waals surface area (Å²) in [6.45, 7) is 7.39. The van der Waals surface area contributed by atoms with Crippen molar-refractivity contribution in [1.82, 2.24) is 15.1 Å². The van der Waals surface area contributed by atoms with Crippen LogP contribution in [-0.4, -0.2) is 77.5 Å². The number of carbonyl (C=O) groups excluding carboxylic acids is 3. The maximum Gasteiger partial charge on any atom is 0.246 e. The van der Waals surface area contributed by atoms with Gasteiger partial charge in [0.2, 0.25) is 17.7 Å². The van der Waals surface area contributed by atoms with Crippen molar-refractivity contribution in [3.63, 3.8) is 0 Å². The van der Waals surface area contributed by atoms with Crippen LogP contribution in [0.4, 0.5) is 5.69 Å². The number of amides is 3. The van der Waals surface area contributed by atoms with Crippen LogP contribution in [0.2, 0.25) is 5.02 Å². The summed E-state index contributed by atoms with van der Waals surface area (Å²) < 4.78 is 6.44. The lowest BCUT2D eigenvalue weighted by Crippen LogP contribution is -2.56. The average Bonchev–Trinajstić information content (AvgIpc) is 3.56. The number of hydrogen-bond acceptors (Lipinski definition) is 5. The molecule has 1 aliphatic carbocycles. The Morgan fingerprint density at radius 3 is 2.50 bits per heavy atom. The highest BCUT2D eigenvalue weighted by atomic mass is 35.5. The Kier molecular flexibility index (Phi) is 8.12. The topological polar surface area (TPSA) is 91.0 Å². The van der Waals surface area contributed by atoms with E-state index in [0.29, 0.717) is 17.3 Å². The van der Waals surface area contributed by atoms with Crippen molar-refractivity contribution in [2.45, 2.75) is 76.2 Å². The molecule has 3 fully saturated rings. The second-order valence-electron chi connectivity index (χ2n) is 11.0. The predicted molar refractivity (Wildman–Crippen MR) is 147 cm³/mol. The van der Waals surface area contributed by atoms with Crippen LogP contribution in [0, 0.1) is 11.8 Å². The van der Waals surface area contributed by atoms with E-state index in [0.717, 1.165) is 51.7 Å². The van der Waals surface area contributed by atoms with Crippen molar-refractivity contribution in [1.29, 1.82) is 0 Å². The Labute approximate surface area is 230 Å². The summed E-state index contributed by atoms with van der Waals surface area (Å²) in [4.78, 5) is 45.4. The number of nitrogens with zero attached hydrogens (tertiary/aromatic N) is 2. The van der Waals surface area contributed by atoms with Crippen LogP contribution in [0.25, 0.3) is 0 Å². The first-order valence-electron chi connectivity index (χ1n) is 14.1. The smallest absolute Gasteiger partial charge is 0.246 e. The van der Waals surface area contributed by atoms with E-state index in [1.807, 2.05) is 12.2 Å². The molecular weight excluding hydrogens is 504 g/mol. The van der Waals surface area contributed by atoms with Gasteiger partial charge in [0.25, 0.3) is 0 Å². The fraction of sp³-hybridized carbons (Fsp3) is 0.621. The van der Waals surface area contributed by atoms with Gasteiger partial charge in [-0.15, -0.1) is 0 Å². The first-order chi connectivity index (χ1) is 18.4. The molecule has 5 atom stereocenters. The van der Waals surface area contributed by atoms with E-state index < -0.39 is 29.6 Å². The number of hydrogen-bond donors (Lipinski definition) is 2. The van der Waals surface area contributed by atoms with E-state index in [1.54, 1.807) is 29.2 Å². The Morgan fingerprint density at radius 2 is 1.82 bits per heavy atom. The number of nitrogens with one attached hydrogen (secondary N) is 2. The Bertz CT molecular complexity index is 1070. The quantitative estimate of drug-likeness (QED) is 0.441. The zero-order valence-corrected chi connectivity index (χ0v) is 23.1. The van der Waals surface area contributed by atoms with Crippen molar-refractivity contribution in [3.05, 3.63) is 41.4 Å². The second kappa shape index (κ2) is 11.4. The molecule has 206 valence electrons. The third-order valence-corrected chi connectivity index (χ3v) is 9.01. The van der Waals surface area contributed by atoms with Gasteiger partial charge in [0.15, 0.2) is 0 Å². The van der Waals surface area contributed by atoms with Gasteiger partial charge in [-0.05, 0) is 63.2 Å². The lowest BCUT2D eigenvalue weighted by molar-refractivity contribution is -0.141. The summed E-state index contributed by atoms with van der Waals surface area (Å²) in [5.74, 6) is -2.06. The Balaban J connectivity index is 1.39. The third kappa shape index (κ3) is 4.98. The number of fused-ring (bicyclic) bond motifs is 1. The summed E-state index contributed by atoms with van der Waals surface area (Å²) >= 11 is 6.00. The van der Waals surface area contributed by atoms with Crippen LogP contribution in [0.1, 0.15) is 52.4 Å². The van der Waals surface area contributed by atoms with Gasteiger partial charge in [-0.1, -0.05) is 56.9 Å². The number of halogens is 1. The number of rotatable bonds is 10. The van der Waals surface area contributed by atoms with E-state index in [4.69, 9.17) is 16.3 Å². The fourth-order valence-electron chi connectivity index (χ4n) is 6.80. The van der Waals surface area contributed by atoms with Gasteiger partial charge in [0.1, 0.15) is 11.6 Å². The van der Waals surface area contributed by atoms with Crippen molar-refractivity contribution >= 4 is 35.0 Å². The van der Waals surface area contributed by atoms with E-state index in [9.17, 15) is 14.4 Å². The van der Waals surface area contributed by atoms with E-state index in [-0.39, 0.29) is 23.8 Å². The van der Waals surface area contributed by atoms with E-state index >= 15 is 0 Å². The molecule has 5 rings (SSSR count). The van der Waals surface area contributed by atoms with Gasteiger partial charge >= 0.3 is 0 Å². The predicted octanol–water partition coefficient (Wildman–Crippen LogP) is 3.61. The second-order valence-corrected chi connectivity index (χ2v) is 11.4. The summed E-state index contributed by atoms with van der Waals surface area (Å²) in [5, 5.41) is 6.75. The Morgan fingerprint density at radius 1 is 1.11 bits per heavy atom. The third-order valence-electron chi connectivity index (χ3n) is 8.76. The maximum absolute atomic E-state index is 14.0. The van der Waals surface area contributed by atoms with Crippen LogP contribution in [0.3, 0.4) is 0 Å². The zero-order valence-electron chi connectivity index (χ0n) is 22.3. The monoisotopic (exact) mass is 542 g/mol. The molecule has 3 heterocycles. The summed E-state index contributed by atoms with van der Waals surface area (Å²) in [7, 11) is 0. The number of carbonyl (C=O) groups is 3. The van der Waals surface area contributed by atoms with Gasteiger partial charge < -0.3 is 25.2 Å². The fourth-order valence-corrected chi connectivity index (χ4v) is 6.92. The molecule has 2 bridgehead atoms. The molecule has 1 aromatic rings. The van der Waals surface area contributed by atoms with Crippen molar-refractivity contribution < 1.29 is 19.1 Å². The normalized spacial score (nSPS) is 30.2. The summed E-state index contributed by atoms with van der Waals surface area (Å²) in [5.41, 5.74) is -0.522. The van der Waals surface area contributed by atoms with Crippen LogP contribution < -0.4 is 10.6 Å². The first-order valence-corrected chi connectivity index (χ1v) is 14.5. The van der Waals surface area contributed by atoms with Crippen molar-refractivity contribution in [3.8, 4) is 0 Å². The van der Waals surface area contributed by atoms with Crippen LogP contribution in [-0.2, 0) is 19.1 Å². The highest BCUT2D eigenvalue weighted by Gasteiger charge is 2.72. The van der Waals surface area contributed by atoms with Gasteiger partial charge in [0, 0.05) is 23.3 Å². The highest BCUT2D eigenvalue weighted by Crippen LogP contribution is 2.55. The van der Waals surface area contributed by atoms with Gasteiger partial charge in [0.05, 0.1) is 17.9 Å². The number of anilines is 1. The van der Waals surface area contributed by atoms with Crippen LogP contribution in [0.15, 0.2) is 36.4 Å². The Hall–Kier alpha value is -2.42. The van der Waals surface area contributed by atoms with Gasteiger partial charge in [-0.25, -0.2) is 0 Å². The first kappa shape index (κ1) is 27.2. The van der Waals surface area contributed by atoms with Gasteiger partial charge in [-0.3, -0.25) is 14.4 Å². The standard InChI is InChI=1S/C29H39ClN4O4/c1-3-33(4-2)17-8-18-34-25(27(36)32-20-9-6-5-7-10-20)29-16-15-22(38-29)23(24(29)28(34)37)26(35)31-21-13-11-19(30)12-14-21/h11-16,20,22-25H,3-10,17-18H2,1-2H3,(H,31,35)(H,32,36). The minimum Gasteiger partial charge on any atom is -0.359 e. The lowest BCUT2D eigenvalue weighted by atomic mass is 9.74. The van der Waals surface area contributed by atoms with Crippen LogP contribution >= 0.6 is 11.6 Å². The molecule has 5 unspecified atom stereocenters. The van der Waals surface area contributed by atoms with Crippen molar-refractivity contribution in [2.24, 2.45) is 11.8 Å². The van der Waals surface area contributed by atoms with Gasteiger partial charge in [-0.2, -0.15) is 0 Å². The highest BCUT2D eigenvalue weighted by molar-refractivity contribution is 6.30. The van der Waals surface area contributed by atoms with E-state index in [2.05, 4.69) is 29.4 Å². The number of ether oxygens (including phenoxy) is 1. The minimum absolute atomic E-state index is 0.117. The lowest BCUT2D eigenvalue weighted by Gasteiger charge is -2.34. The summed E-state index contributed by atoms with van der Waals surface area (Å²) in [6, 6.07) is 6.21. The van der Waals surface area contributed by atoms with Crippen molar-refractivity contribution in [2.75, 3.05) is 31.5 Å². The molecule has 9 heteroatoms. The molecule has 1 spiro atoms. The molecule has 0 aromatic heterocycles. The number of likely N-dealkylation sites (tertiary alicyclic amines) is 1. The molecule has 2 saturated heterocycles. The molecule has 1 aromatic carbocycles. The SMILES string of the molecule is CCN(CC)CCCN1C(=O)C2C(C(=O)Nc3ccc(Cl)cc3)C3C=CC2(O3)C1C(=O)NC1CCCCC1. The molecule has 8 nitrogen and oxygen atoms in total. The minimum atomic E-state index is -1.13. The molecule has 3 aliphatic heterocycles. The summed E-state index contributed by atoms with van der Waals surface area (Å²) in [6.07, 6.45) is 9.24. The van der Waals surface area contributed by atoms with Crippen LogP contribution in [0.5, 0.6) is 0 Å². The molecule has 1 saturated carbocycles. The largest absolute Gasteiger partial charge is 0.359 e. The molecular formula is C29H39ClN4O4. The molecule has 38 heavy (non-hydrogen) atoms.